The molecule has 1 amide bonds. The SMILES string of the molecule is COCCN(CC(F)F)C(=O)CCC1CCNC1.Cl. The van der Waals surface area contributed by atoms with E-state index < -0.39 is 13.0 Å². The van der Waals surface area contributed by atoms with Crippen LogP contribution in [0.4, 0.5) is 8.78 Å². The minimum atomic E-state index is -2.49. The van der Waals surface area contributed by atoms with Crippen molar-refractivity contribution in [2.24, 2.45) is 5.92 Å². The number of carbonyl (C=O) groups is 1. The number of nitrogens with one attached hydrogen (secondary N) is 1. The van der Waals surface area contributed by atoms with Crippen LogP contribution in [0.25, 0.3) is 0 Å². The van der Waals surface area contributed by atoms with Crippen LogP contribution < -0.4 is 5.32 Å². The van der Waals surface area contributed by atoms with Crippen LogP contribution in [-0.2, 0) is 9.53 Å². The number of ether oxygens (including phenoxy) is 1. The number of hydrogen-bond acceptors (Lipinski definition) is 3. The lowest BCUT2D eigenvalue weighted by Gasteiger charge is -2.22. The van der Waals surface area contributed by atoms with Crippen LogP contribution in [-0.4, -0.2) is 57.1 Å². The van der Waals surface area contributed by atoms with E-state index in [4.69, 9.17) is 4.74 Å². The predicted molar refractivity (Wildman–Crippen MR) is 71.9 cm³/mol. The van der Waals surface area contributed by atoms with Gasteiger partial charge < -0.3 is 15.0 Å². The van der Waals surface area contributed by atoms with Gasteiger partial charge in [0.1, 0.15) is 0 Å². The third-order valence-electron chi connectivity index (χ3n) is 3.21. The second-order valence-corrected chi connectivity index (χ2v) is 4.62. The lowest BCUT2D eigenvalue weighted by Crippen LogP contribution is -2.37. The number of nitrogens with zero attached hydrogens (tertiary/aromatic N) is 1. The van der Waals surface area contributed by atoms with Gasteiger partial charge in [-0.15, -0.1) is 12.4 Å². The average molecular weight is 301 g/mol. The van der Waals surface area contributed by atoms with Crippen LogP contribution in [0.5, 0.6) is 0 Å². The van der Waals surface area contributed by atoms with Gasteiger partial charge in [-0.25, -0.2) is 8.78 Å². The third kappa shape index (κ3) is 7.64. The summed E-state index contributed by atoms with van der Waals surface area (Å²) in [5.74, 6) is 0.309. The van der Waals surface area contributed by atoms with Gasteiger partial charge in [-0.3, -0.25) is 4.79 Å². The van der Waals surface area contributed by atoms with Gasteiger partial charge in [-0.05, 0) is 31.8 Å². The first kappa shape index (κ1) is 18.5. The molecule has 1 saturated heterocycles. The highest BCUT2D eigenvalue weighted by atomic mass is 35.5. The Morgan fingerprint density at radius 1 is 1.53 bits per heavy atom. The van der Waals surface area contributed by atoms with Gasteiger partial charge in [0.15, 0.2) is 0 Å². The van der Waals surface area contributed by atoms with E-state index in [-0.39, 0.29) is 24.9 Å². The minimum Gasteiger partial charge on any atom is -0.383 e. The topological polar surface area (TPSA) is 41.6 Å². The van der Waals surface area contributed by atoms with E-state index in [1.807, 2.05) is 0 Å². The quantitative estimate of drug-likeness (QED) is 0.739. The first-order chi connectivity index (χ1) is 8.63. The number of amides is 1. The van der Waals surface area contributed by atoms with E-state index >= 15 is 0 Å². The Bertz CT molecular complexity index is 252. The van der Waals surface area contributed by atoms with Crippen molar-refractivity contribution in [1.29, 1.82) is 0 Å². The van der Waals surface area contributed by atoms with Crippen LogP contribution in [0, 0.1) is 5.92 Å². The van der Waals surface area contributed by atoms with Crippen LogP contribution in [0.3, 0.4) is 0 Å². The lowest BCUT2D eigenvalue weighted by molar-refractivity contribution is -0.134. The molecule has 1 aliphatic rings. The van der Waals surface area contributed by atoms with Crippen molar-refractivity contribution in [3.05, 3.63) is 0 Å². The monoisotopic (exact) mass is 300 g/mol. The first-order valence-corrected chi connectivity index (χ1v) is 6.39. The van der Waals surface area contributed by atoms with Crippen LogP contribution in [0.2, 0.25) is 0 Å². The molecule has 0 aliphatic carbocycles. The summed E-state index contributed by atoms with van der Waals surface area (Å²) in [7, 11) is 1.50. The maximum absolute atomic E-state index is 12.4. The van der Waals surface area contributed by atoms with Crippen molar-refractivity contribution in [3.63, 3.8) is 0 Å². The molecule has 0 aromatic carbocycles. The third-order valence-corrected chi connectivity index (χ3v) is 3.21. The summed E-state index contributed by atoms with van der Waals surface area (Å²) in [6, 6.07) is 0. The standard InChI is InChI=1S/C12H22F2N2O2.ClH/c1-18-7-6-16(9-11(13)14)12(17)3-2-10-4-5-15-8-10;/h10-11,15H,2-9H2,1H3;1H. The molecule has 0 saturated carbocycles. The fraction of sp³-hybridized carbons (Fsp3) is 0.917. The minimum absolute atomic E-state index is 0. The second kappa shape index (κ2) is 10.3. The highest BCUT2D eigenvalue weighted by Gasteiger charge is 2.20. The van der Waals surface area contributed by atoms with Crippen molar-refractivity contribution in [2.45, 2.75) is 25.7 Å². The van der Waals surface area contributed by atoms with Gasteiger partial charge in [0.25, 0.3) is 6.43 Å². The van der Waals surface area contributed by atoms with Gasteiger partial charge in [0, 0.05) is 20.1 Å². The van der Waals surface area contributed by atoms with Crippen LogP contribution in [0.1, 0.15) is 19.3 Å². The molecule has 0 radical (unpaired) electrons. The zero-order valence-electron chi connectivity index (χ0n) is 11.2. The molecule has 0 spiro atoms. The number of carbonyl (C=O) groups excluding carboxylic acids is 1. The molecule has 19 heavy (non-hydrogen) atoms. The molecule has 1 fully saturated rings. The molecule has 0 aromatic heterocycles. The van der Waals surface area contributed by atoms with Crippen molar-refractivity contribution in [1.82, 2.24) is 10.2 Å². The fourth-order valence-electron chi connectivity index (χ4n) is 2.13. The zero-order valence-corrected chi connectivity index (χ0v) is 12.1. The Morgan fingerprint density at radius 3 is 2.79 bits per heavy atom. The van der Waals surface area contributed by atoms with E-state index in [2.05, 4.69) is 5.32 Å². The maximum atomic E-state index is 12.4. The van der Waals surface area contributed by atoms with E-state index in [0.717, 1.165) is 25.9 Å². The maximum Gasteiger partial charge on any atom is 0.255 e. The van der Waals surface area contributed by atoms with Gasteiger partial charge in [0.2, 0.25) is 5.91 Å². The van der Waals surface area contributed by atoms with Gasteiger partial charge in [0.05, 0.1) is 13.2 Å². The number of halogens is 3. The second-order valence-electron chi connectivity index (χ2n) is 4.62. The molecular formula is C12H23ClF2N2O2. The smallest absolute Gasteiger partial charge is 0.255 e. The van der Waals surface area contributed by atoms with Gasteiger partial charge in [-0.1, -0.05) is 0 Å². The Balaban J connectivity index is 0.00000324. The molecule has 1 aliphatic heterocycles. The Labute approximate surface area is 119 Å². The van der Waals surface area contributed by atoms with E-state index in [0.29, 0.717) is 18.9 Å². The van der Waals surface area contributed by atoms with E-state index in [1.165, 1.54) is 12.0 Å². The summed E-state index contributed by atoms with van der Waals surface area (Å²) in [5.41, 5.74) is 0. The Morgan fingerprint density at radius 2 is 2.26 bits per heavy atom. The van der Waals surface area contributed by atoms with E-state index in [9.17, 15) is 13.6 Å². The van der Waals surface area contributed by atoms with Gasteiger partial charge in [-0.2, -0.15) is 0 Å². The molecule has 7 heteroatoms. The molecule has 1 N–H and O–H groups in total. The first-order valence-electron chi connectivity index (χ1n) is 6.39. The van der Waals surface area contributed by atoms with Gasteiger partial charge >= 0.3 is 0 Å². The highest BCUT2D eigenvalue weighted by molar-refractivity contribution is 5.85. The molecular weight excluding hydrogens is 278 g/mol. The predicted octanol–water partition coefficient (Wildman–Crippen LogP) is 1.54. The number of methoxy groups -OCH3 is 1. The van der Waals surface area contributed by atoms with Crippen LogP contribution >= 0.6 is 12.4 Å². The largest absolute Gasteiger partial charge is 0.383 e. The molecule has 1 rings (SSSR count). The summed E-state index contributed by atoms with van der Waals surface area (Å²) in [6.45, 7) is 1.96. The number of hydrogen-bond donors (Lipinski definition) is 1. The lowest BCUT2D eigenvalue weighted by atomic mass is 10.0. The normalized spacial score (nSPS) is 18.4. The highest BCUT2D eigenvalue weighted by Crippen LogP contribution is 2.15. The average Bonchev–Trinajstić information content (AvgIpc) is 2.84. The Hall–Kier alpha value is -0.460. The zero-order chi connectivity index (χ0) is 13.4. The molecule has 1 unspecified atom stereocenters. The van der Waals surface area contributed by atoms with Crippen molar-refractivity contribution < 1.29 is 18.3 Å². The van der Waals surface area contributed by atoms with Crippen LogP contribution in [0.15, 0.2) is 0 Å². The Kier molecular flexibility index (Phi) is 10.1. The summed E-state index contributed by atoms with van der Waals surface area (Å²) < 4.78 is 29.6. The molecule has 114 valence electrons. The molecule has 4 nitrogen and oxygen atoms in total. The molecule has 0 bridgehead atoms. The summed E-state index contributed by atoms with van der Waals surface area (Å²) in [5, 5.41) is 3.23. The fourth-order valence-corrected chi connectivity index (χ4v) is 2.13. The molecule has 0 aromatic rings. The number of alkyl halides is 2. The number of rotatable bonds is 8. The molecule has 1 heterocycles. The summed E-state index contributed by atoms with van der Waals surface area (Å²) >= 11 is 0. The summed E-state index contributed by atoms with van der Waals surface area (Å²) in [4.78, 5) is 13.1. The van der Waals surface area contributed by atoms with E-state index in [1.54, 1.807) is 0 Å². The summed E-state index contributed by atoms with van der Waals surface area (Å²) in [6.07, 6.45) is -0.291. The van der Waals surface area contributed by atoms with Crippen molar-refractivity contribution in [3.8, 4) is 0 Å². The van der Waals surface area contributed by atoms with Crippen molar-refractivity contribution in [2.75, 3.05) is 39.9 Å². The molecule has 1 atom stereocenters. The van der Waals surface area contributed by atoms with Crippen molar-refractivity contribution >= 4 is 18.3 Å².